The highest BCUT2D eigenvalue weighted by atomic mass is 19.2. The van der Waals surface area contributed by atoms with Crippen molar-refractivity contribution < 1.29 is 26.8 Å². The third-order valence-corrected chi connectivity index (χ3v) is 4.74. The Balaban J connectivity index is 1.62. The van der Waals surface area contributed by atoms with Crippen LogP contribution in [-0.2, 0) is 11.4 Å². The molecular formula is C20H17F5NO. The van der Waals surface area contributed by atoms with Gasteiger partial charge in [0.2, 0.25) is 5.82 Å². The van der Waals surface area contributed by atoms with E-state index in [2.05, 4.69) is 16.2 Å². The Hall–Kier alpha value is -2.44. The van der Waals surface area contributed by atoms with Crippen molar-refractivity contribution >= 4 is 6.21 Å². The van der Waals surface area contributed by atoms with Crippen molar-refractivity contribution in [3.05, 3.63) is 70.0 Å². The van der Waals surface area contributed by atoms with Crippen LogP contribution in [-0.4, -0.2) is 6.21 Å². The van der Waals surface area contributed by atoms with E-state index in [1.807, 2.05) is 12.1 Å². The predicted octanol–water partition coefficient (Wildman–Crippen LogP) is 5.86. The number of halogens is 5. The molecular weight excluding hydrogens is 365 g/mol. The van der Waals surface area contributed by atoms with Gasteiger partial charge in [0.15, 0.2) is 23.3 Å². The van der Waals surface area contributed by atoms with Gasteiger partial charge in [0.25, 0.3) is 0 Å². The number of rotatable bonds is 5. The molecule has 27 heavy (non-hydrogen) atoms. The summed E-state index contributed by atoms with van der Waals surface area (Å²) < 4.78 is 66.2. The van der Waals surface area contributed by atoms with Gasteiger partial charge < -0.3 is 4.84 Å². The van der Waals surface area contributed by atoms with Gasteiger partial charge in [0, 0.05) is 5.56 Å². The van der Waals surface area contributed by atoms with E-state index in [-0.39, 0.29) is 0 Å². The zero-order chi connectivity index (χ0) is 19.4. The monoisotopic (exact) mass is 382 g/mol. The van der Waals surface area contributed by atoms with E-state index in [9.17, 15) is 22.0 Å². The topological polar surface area (TPSA) is 21.6 Å². The second-order valence-electron chi connectivity index (χ2n) is 6.48. The van der Waals surface area contributed by atoms with Crippen molar-refractivity contribution in [2.75, 3.05) is 0 Å². The molecule has 0 N–H and O–H groups in total. The van der Waals surface area contributed by atoms with Gasteiger partial charge >= 0.3 is 0 Å². The SMILES string of the molecule is Fc1c(F)c(F)c(CO/N=[C]\c2ccc(C3CCCCC3)cc2)c(F)c1F. The van der Waals surface area contributed by atoms with E-state index in [1.54, 1.807) is 12.1 Å². The van der Waals surface area contributed by atoms with Crippen LogP contribution in [0.1, 0.15) is 54.7 Å². The number of nitrogens with zero attached hydrogens (tertiary/aromatic N) is 1. The van der Waals surface area contributed by atoms with Gasteiger partial charge in [-0.15, -0.1) is 0 Å². The Kier molecular flexibility index (Phi) is 6.08. The number of benzene rings is 2. The highest BCUT2D eigenvalue weighted by Gasteiger charge is 2.25. The van der Waals surface area contributed by atoms with Gasteiger partial charge in [0.1, 0.15) is 12.8 Å². The van der Waals surface area contributed by atoms with Crippen LogP contribution in [0.5, 0.6) is 0 Å². The quantitative estimate of drug-likeness (QED) is 0.209. The Morgan fingerprint density at radius 3 is 1.96 bits per heavy atom. The lowest BCUT2D eigenvalue weighted by Gasteiger charge is -2.21. The van der Waals surface area contributed by atoms with Crippen molar-refractivity contribution in [2.24, 2.45) is 5.16 Å². The van der Waals surface area contributed by atoms with Gasteiger partial charge in [-0.05, 0) is 24.3 Å². The lowest BCUT2D eigenvalue weighted by Crippen LogP contribution is -2.07. The summed E-state index contributed by atoms with van der Waals surface area (Å²) in [5, 5.41) is 3.42. The Labute approximate surface area is 153 Å². The largest absolute Gasteiger partial charge is 0.390 e. The van der Waals surface area contributed by atoms with E-state index in [0.29, 0.717) is 11.5 Å². The molecule has 1 radical (unpaired) electrons. The molecule has 0 amide bonds. The molecule has 7 heteroatoms. The molecule has 1 aliphatic carbocycles. The van der Waals surface area contributed by atoms with Crippen LogP contribution in [0.3, 0.4) is 0 Å². The smallest absolute Gasteiger partial charge is 0.200 e. The summed E-state index contributed by atoms with van der Waals surface area (Å²) in [6.45, 7) is -0.904. The van der Waals surface area contributed by atoms with E-state index in [4.69, 9.17) is 0 Å². The fraction of sp³-hybridized carbons (Fsp3) is 0.350. The molecule has 0 aromatic heterocycles. The molecule has 2 aromatic carbocycles. The van der Waals surface area contributed by atoms with Crippen molar-refractivity contribution in [1.29, 1.82) is 0 Å². The first kappa shape index (κ1) is 19.3. The molecule has 0 aliphatic heterocycles. The molecule has 0 spiro atoms. The molecule has 2 nitrogen and oxygen atoms in total. The predicted molar refractivity (Wildman–Crippen MR) is 89.8 cm³/mol. The van der Waals surface area contributed by atoms with E-state index >= 15 is 0 Å². The second kappa shape index (κ2) is 8.50. The summed E-state index contributed by atoms with van der Waals surface area (Å²) in [6, 6.07) is 7.51. The third-order valence-electron chi connectivity index (χ3n) is 4.74. The lowest BCUT2D eigenvalue weighted by molar-refractivity contribution is 0.124. The average molecular weight is 382 g/mol. The minimum absolute atomic E-state index is 0.551. The molecule has 3 rings (SSSR count). The Morgan fingerprint density at radius 1 is 0.815 bits per heavy atom. The van der Waals surface area contributed by atoms with Crippen molar-refractivity contribution in [3.8, 4) is 0 Å². The van der Waals surface area contributed by atoms with E-state index in [1.165, 1.54) is 37.7 Å². The van der Waals surface area contributed by atoms with Gasteiger partial charge in [-0.25, -0.2) is 22.0 Å². The third kappa shape index (κ3) is 4.28. The summed E-state index contributed by atoms with van der Waals surface area (Å²) in [5.41, 5.74) is 0.735. The van der Waals surface area contributed by atoms with Crippen LogP contribution in [0.25, 0.3) is 0 Å². The van der Waals surface area contributed by atoms with E-state index < -0.39 is 41.3 Å². The molecule has 1 fully saturated rings. The van der Waals surface area contributed by atoms with E-state index in [0.717, 1.165) is 0 Å². The molecule has 143 valence electrons. The molecule has 0 atom stereocenters. The minimum atomic E-state index is -2.21. The van der Waals surface area contributed by atoms with Gasteiger partial charge in [-0.3, -0.25) is 0 Å². The fourth-order valence-corrected chi connectivity index (χ4v) is 3.22. The van der Waals surface area contributed by atoms with Crippen molar-refractivity contribution in [2.45, 2.75) is 44.6 Å². The second-order valence-corrected chi connectivity index (χ2v) is 6.48. The average Bonchev–Trinajstić information content (AvgIpc) is 2.71. The maximum Gasteiger partial charge on any atom is 0.200 e. The van der Waals surface area contributed by atoms with Crippen LogP contribution < -0.4 is 0 Å². The van der Waals surface area contributed by atoms with Gasteiger partial charge in [0.05, 0.1) is 5.56 Å². The standard InChI is InChI=1S/C20H17F5NO/c21-16-15(17(22)19(24)20(25)18(16)23)11-27-26-10-12-6-8-14(9-7-12)13-4-2-1-3-5-13/h6-9,13H,1-5,11H2. The minimum Gasteiger partial charge on any atom is -0.390 e. The molecule has 1 saturated carbocycles. The maximum absolute atomic E-state index is 13.5. The normalized spacial score (nSPS) is 15.4. The van der Waals surface area contributed by atoms with Gasteiger partial charge in [-0.1, -0.05) is 48.7 Å². The first-order valence-electron chi connectivity index (χ1n) is 8.67. The summed E-state index contributed by atoms with van der Waals surface area (Å²) in [5.74, 6) is -9.55. The molecule has 0 unspecified atom stereocenters. The van der Waals surface area contributed by atoms with Crippen LogP contribution in [0, 0.1) is 29.1 Å². The first-order valence-corrected chi connectivity index (χ1v) is 8.67. The van der Waals surface area contributed by atoms with Crippen LogP contribution in [0.2, 0.25) is 0 Å². The van der Waals surface area contributed by atoms with Crippen molar-refractivity contribution in [3.63, 3.8) is 0 Å². The van der Waals surface area contributed by atoms with Crippen LogP contribution in [0.15, 0.2) is 29.4 Å². The Morgan fingerprint density at radius 2 is 1.37 bits per heavy atom. The number of hydrogen-bond acceptors (Lipinski definition) is 2. The zero-order valence-corrected chi connectivity index (χ0v) is 14.4. The molecule has 0 saturated heterocycles. The molecule has 0 heterocycles. The lowest BCUT2D eigenvalue weighted by atomic mass is 9.84. The number of hydrogen-bond donors (Lipinski definition) is 0. The maximum atomic E-state index is 13.5. The first-order chi connectivity index (χ1) is 13.0. The van der Waals surface area contributed by atoms with Gasteiger partial charge in [-0.2, -0.15) is 0 Å². The molecule has 2 aromatic rings. The summed E-state index contributed by atoms with van der Waals surface area (Å²) in [4.78, 5) is 4.66. The van der Waals surface area contributed by atoms with Crippen molar-refractivity contribution in [1.82, 2.24) is 0 Å². The van der Waals surface area contributed by atoms with Crippen LogP contribution in [0.4, 0.5) is 22.0 Å². The van der Waals surface area contributed by atoms with Crippen LogP contribution >= 0.6 is 0 Å². The zero-order valence-electron chi connectivity index (χ0n) is 14.4. The fourth-order valence-electron chi connectivity index (χ4n) is 3.22. The highest BCUT2D eigenvalue weighted by molar-refractivity contribution is 5.79. The molecule has 1 aliphatic rings. The summed E-state index contributed by atoms with van der Waals surface area (Å²) in [6.07, 6.45) is 8.59. The highest BCUT2D eigenvalue weighted by Crippen LogP contribution is 2.32. The summed E-state index contributed by atoms with van der Waals surface area (Å²) >= 11 is 0. The Bertz CT molecular complexity index is 800. The summed E-state index contributed by atoms with van der Waals surface area (Å²) in [7, 11) is 0. The molecule has 0 bridgehead atoms.